The SMILES string of the molecule is COC(=O)CC(C)SCc1ccc(OC)c(OC)c1. The number of methoxy groups -OCH3 is 3. The molecule has 106 valence electrons. The number of benzene rings is 1. The van der Waals surface area contributed by atoms with E-state index in [0.717, 1.165) is 22.8 Å². The van der Waals surface area contributed by atoms with E-state index in [9.17, 15) is 4.79 Å². The number of esters is 1. The molecule has 0 saturated heterocycles. The van der Waals surface area contributed by atoms with E-state index >= 15 is 0 Å². The smallest absolute Gasteiger partial charge is 0.306 e. The normalized spacial score (nSPS) is 11.8. The summed E-state index contributed by atoms with van der Waals surface area (Å²) in [5.74, 6) is 2.09. The predicted octanol–water partition coefficient (Wildman–Crippen LogP) is 2.89. The average molecular weight is 284 g/mol. The molecule has 1 aromatic carbocycles. The molecular formula is C14H20O4S. The number of carbonyl (C=O) groups excluding carboxylic acids is 1. The third-order valence-electron chi connectivity index (χ3n) is 2.66. The topological polar surface area (TPSA) is 44.8 Å². The van der Waals surface area contributed by atoms with Crippen LogP contribution >= 0.6 is 11.8 Å². The molecule has 4 nitrogen and oxygen atoms in total. The molecule has 0 amide bonds. The summed E-state index contributed by atoms with van der Waals surface area (Å²) in [5.41, 5.74) is 1.14. The van der Waals surface area contributed by atoms with Crippen molar-refractivity contribution in [3.63, 3.8) is 0 Å². The van der Waals surface area contributed by atoms with Crippen molar-refractivity contribution in [2.45, 2.75) is 24.3 Å². The highest BCUT2D eigenvalue weighted by Gasteiger charge is 2.11. The van der Waals surface area contributed by atoms with Crippen molar-refractivity contribution in [3.05, 3.63) is 23.8 Å². The van der Waals surface area contributed by atoms with Crippen LogP contribution in [0.1, 0.15) is 18.9 Å². The van der Waals surface area contributed by atoms with Crippen molar-refractivity contribution >= 4 is 17.7 Å². The van der Waals surface area contributed by atoms with Gasteiger partial charge >= 0.3 is 5.97 Å². The first-order chi connectivity index (χ1) is 9.10. The lowest BCUT2D eigenvalue weighted by Gasteiger charge is -2.12. The predicted molar refractivity (Wildman–Crippen MR) is 76.9 cm³/mol. The zero-order valence-corrected chi connectivity index (χ0v) is 12.6. The molecule has 0 aliphatic rings. The largest absolute Gasteiger partial charge is 0.493 e. The second-order valence-corrected chi connectivity index (χ2v) is 5.52. The van der Waals surface area contributed by atoms with Crippen LogP contribution in [-0.2, 0) is 15.3 Å². The number of ether oxygens (including phenoxy) is 3. The Labute approximate surface area is 118 Å². The third-order valence-corrected chi connectivity index (χ3v) is 3.90. The van der Waals surface area contributed by atoms with E-state index in [-0.39, 0.29) is 11.2 Å². The van der Waals surface area contributed by atoms with Crippen LogP contribution in [-0.4, -0.2) is 32.5 Å². The van der Waals surface area contributed by atoms with Gasteiger partial charge in [0.05, 0.1) is 27.8 Å². The van der Waals surface area contributed by atoms with Gasteiger partial charge in [-0.05, 0) is 17.7 Å². The van der Waals surface area contributed by atoms with Gasteiger partial charge in [0.25, 0.3) is 0 Å². The molecule has 0 spiro atoms. The van der Waals surface area contributed by atoms with Gasteiger partial charge in [-0.15, -0.1) is 0 Å². The quantitative estimate of drug-likeness (QED) is 0.720. The summed E-state index contributed by atoms with van der Waals surface area (Å²) in [6.07, 6.45) is 0.425. The molecule has 0 aromatic heterocycles. The highest BCUT2D eigenvalue weighted by molar-refractivity contribution is 7.99. The highest BCUT2D eigenvalue weighted by atomic mass is 32.2. The van der Waals surface area contributed by atoms with Crippen molar-refractivity contribution in [2.24, 2.45) is 0 Å². The van der Waals surface area contributed by atoms with Gasteiger partial charge in [-0.1, -0.05) is 13.0 Å². The summed E-state index contributed by atoms with van der Waals surface area (Å²) in [4.78, 5) is 11.1. The maximum atomic E-state index is 11.1. The van der Waals surface area contributed by atoms with E-state index in [0.29, 0.717) is 6.42 Å². The molecule has 0 aliphatic heterocycles. The summed E-state index contributed by atoms with van der Waals surface area (Å²) >= 11 is 1.71. The Morgan fingerprint density at radius 2 is 1.89 bits per heavy atom. The Hall–Kier alpha value is -1.36. The molecule has 1 unspecified atom stereocenters. The average Bonchev–Trinajstić information content (AvgIpc) is 2.44. The second-order valence-electron chi connectivity index (χ2n) is 4.09. The molecule has 1 aromatic rings. The van der Waals surface area contributed by atoms with Crippen LogP contribution in [0.15, 0.2) is 18.2 Å². The summed E-state index contributed by atoms with van der Waals surface area (Å²) in [6, 6.07) is 5.84. The Balaban J connectivity index is 2.55. The number of rotatable bonds is 7. The van der Waals surface area contributed by atoms with Gasteiger partial charge in [0.2, 0.25) is 0 Å². The van der Waals surface area contributed by atoms with Crippen molar-refractivity contribution in [2.75, 3.05) is 21.3 Å². The van der Waals surface area contributed by atoms with Gasteiger partial charge in [0.1, 0.15) is 0 Å². The first-order valence-electron chi connectivity index (χ1n) is 6.00. The molecule has 1 rings (SSSR count). The van der Waals surface area contributed by atoms with Crippen LogP contribution in [0.5, 0.6) is 11.5 Å². The molecule has 19 heavy (non-hydrogen) atoms. The highest BCUT2D eigenvalue weighted by Crippen LogP contribution is 2.30. The fourth-order valence-electron chi connectivity index (χ4n) is 1.59. The molecule has 0 aliphatic carbocycles. The summed E-state index contributed by atoms with van der Waals surface area (Å²) in [5, 5.41) is 0.223. The Morgan fingerprint density at radius 3 is 2.47 bits per heavy atom. The van der Waals surface area contributed by atoms with Crippen LogP contribution in [0.4, 0.5) is 0 Å². The lowest BCUT2D eigenvalue weighted by atomic mass is 10.2. The van der Waals surface area contributed by atoms with Crippen LogP contribution < -0.4 is 9.47 Å². The van der Waals surface area contributed by atoms with Gasteiger partial charge in [-0.3, -0.25) is 4.79 Å². The van der Waals surface area contributed by atoms with E-state index in [1.165, 1.54) is 7.11 Å². The molecular weight excluding hydrogens is 264 g/mol. The maximum absolute atomic E-state index is 11.1. The summed E-state index contributed by atoms with van der Waals surface area (Å²) < 4.78 is 15.1. The van der Waals surface area contributed by atoms with E-state index in [4.69, 9.17) is 9.47 Å². The molecule has 5 heteroatoms. The first kappa shape index (κ1) is 15.7. The maximum Gasteiger partial charge on any atom is 0.306 e. The number of hydrogen-bond acceptors (Lipinski definition) is 5. The van der Waals surface area contributed by atoms with Crippen molar-refractivity contribution < 1.29 is 19.0 Å². The fraction of sp³-hybridized carbons (Fsp3) is 0.500. The minimum Gasteiger partial charge on any atom is -0.493 e. The molecule has 0 radical (unpaired) electrons. The van der Waals surface area contributed by atoms with Crippen molar-refractivity contribution in [1.29, 1.82) is 0 Å². The second kappa shape index (κ2) is 7.94. The van der Waals surface area contributed by atoms with Gasteiger partial charge in [0, 0.05) is 11.0 Å². The van der Waals surface area contributed by atoms with Crippen LogP contribution in [0.25, 0.3) is 0 Å². The standard InChI is InChI=1S/C14H20O4S/c1-10(7-14(15)18-4)19-9-11-5-6-12(16-2)13(8-11)17-3/h5-6,8,10H,7,9H2,1-4H3. The number of carbonyl (C=O) groups is 1. The van der Waals surface area contributed by atoms with E-state index in [2.05, 4.69) is 4.74 Å². The lowest BCUT2D eigenvalue weighted by Crippen LogP contribution is -2.08. The zero-order chi connectivity index (χ0) is 14.3. The Bertz CT molecular complexity index is 420. The van der Waals surface area contributed by atoms with Crippen molar-refractivity contribution in [1.82, 2.24) is 0 Å². The van der Waals surface area contributed by atoms with Crippen LogP contribution in [0, 0.1) is 0 Å². The molecule has 0 heterocycles. The van der Waals surface area contributed by atoms with E-state index in [1.807, 2.05) is 25.1 Å². The number of thioether (sulfide) groups is 1. The number of hydrogen-bond donors (Lipinski definition) is 0. The van der Waals surface area contributed by atoms with Gasteiger partial charge < -0.3 is 14.2 Å². The van der Waals surface area contributed by atoms with Gasteiger partial charge in [-0.2, -0.15) is 11.8 Å². The minimum atomic E-state index is -0.174. The van der Waals surface area contributed by atoms with Gasteiger partial charge in [-0.25, -0.2) is 0 Å². The summed E-state index contributed by atoms with van der Waals surface area (Å²) in [6.45, 7) is 2.02. The minimum absolute atomic E-state index is 0.174. The Morgan fingerprint density at radius 1 is 1.21 bits per heavy atom. The molecule has 0 saturated carbocycles. The molecule has 0 bridgehead atoms. The lowest BCUT2D eigenvalue weighted by molar-refractivity contribution is -0.140. The monoisotopic (exact) mass is 284 g/mol. The molecule has 0 N–H and O–H groups in total. The van der Waals surface area contributed by atoms with Crippen molar-refractivity contribution in [3.8, 4) is 11.5 Å². The summed E-state index contributed by atoms with van der Waals surface area (Å²) in [7, 11) is 4.65. The van der Waals surface area contributed by atoms with E-state index < -0.39 is 0 Å². The van der Waals surface area contributed by atoms with E-state index in [1.54, 1.807) is 26.0 Å². The Kier molecular flexibility index (Phi) is 6.56. The van der Waals surface area contributed by atoms with Crippen LogP contribution in [0.2, 0.25) is 0 Å². The zero-order valence-electron chi connectivity index (χ0n) is 11.8. The molecule has 1 atom stereocenters. The van der Waals surface area contributed by atoms with Crippen LogP contribution in [0.3, 0.4) is 0 Å². The molecule has 0 fully saturated rings. The fourth-order valence-corrected chi connectivity index (χ4v) is 2.50. The third kappa shape index (κ3) is 5.03. The first-order valence-corrected chi connectivity index (χ1v) is 7.05. The van der Waals surface area contributed by atoms with Gasteiger partial charge in [0.15, 0.2) is 11.5 Å².